The molecular weight excluding hydrogens is 212 g/mol. The van der Waals surface area contributed by atoms with E-state index in [9.17, 15) is 0 Å². The van der Waals surface area contributed by atoms with Gasteiger partial charge in [-0.25, -0.2) is 0 Å². The van der Waals surface area contributed by atoms with Gasteiger partial charge < -0.3 is 9.47 Å². The third-order valence-electron chi connectivity index (χ3n) is 3.53. The average molecular weight is 238 g/mol. The molecule has 0 N–H and O–H groups in total. The van der Waals surface area contributed by atoms with Gasteiger partial charge in [-0.3, -0.25) is 0 Å². The van der Waals surface area contributed by atoms with E-state index in [-0.39, 0.29) is 6.29 Å². The molecule has 0 aromatic rings. The van der Waals surface area contributed by atoms with Gasteiger partial charge in [0.15, 0.2) is 6.29 Å². The zero-order valence-electron chi connectivity index (χ0n) is 11.8. The molecule has 0 heterocycles. The zero-order valence-corrected chi connectivity index (χ0v) is 11.8. The maximum absolute atomic E-state index is 5.67. The standard InChI is InChI=1S/C15H26O2/c1-6-16-13(5)17-15-9-7-14(8-10-15)12(4)11(2)3/h7,9-14H,6,8H2,1-5H3. The van der Waals surface area contributed by atoms with Gasteiger partial charge in [0.2, 0.25) is 0 Å². The highest BCUT2D eigenvalue weighted by Crippen LogP contribution is 2.29. The van der Waals surface area contributed by atoms with Crippen LogP contribution < -0.4 is 0 Å². The van der Waals surface area contributed by atoms with Crippen molar-refractivity contribution in [1.29, 1.82) is 0 Å². The first kappa shape index (κ1) is 14.3. The van der Waals surface area contributed by atoms with Crippen LogP contribution in [0.5, 0.6) is 0 Å². The molecule has 0 amide bonds. The van der Waals surface area contributed by atoms with E-state index >= 15 is 0 Å². The Balaban J connectivity index is 2.43. The molecule has 0 bridgehead atoms. The van der Waals surface area contributed by atoms with Crippen molar-refractivity contribution in [2.24, 2.45) is 17.8 Å². The Hall–Kier alpha value is -0.760. The smallest absolute Gasteiger partial charge is 0.196 e. The molecule has 3 atom stereocenters. The molecule has 17 heavy (non-hydrogen) atoms. The fourth-order valence-electron chi connectivity index (χ4n) is 2.05. The number of hydrogen-bond donors (Lipinski definition) is 0. The van der Waals surface area contributed by atoms with Crippen LogP contribution >= 0.6 is 0 Å². The zero-order chi connectivity index (χ0) is 12.8. The van der Waals surface area contributed by atoms with Crippen LogP contribution in [0.2, 0.25) is 0 Å². The predicted octanol–water partition coefficient (Wildman–Crippen LogP) is 4.14. The van der Waals surface area contributed by atoms with Gasteiger partial charge in [-0.05, 0) is 50.2 Å². The van der Waals surface area contributed by atoms with E-state index in [0.717, 1.165) is 18.1 Å². The summed E-state index contributed by atoms with van der Waals surface area (Å²) in [4.78, 5) is 0. The fraction of sp³-hybridized carbons (Fsp3) is 0.733. The predicted molar refractivity (Wildman–Crippen MR) is 71.5 cm³/mol. The first-order chi connectivity index (χ1) is 8.04. The van der Waals surface area contributed by atoms with Crippen molar-refractivity contribution in [3.8, 4) is 0 Å². The lowest BCUT2D eigenvalue weighted by Gasteiger charge is -2.26. The minimum absolute atomic E-state index is 0.157. The summed E-state index contributed by atoms with van der Waals surface area (Å²) in [5, 5.41) is 0. The van der Waals surface area contributed by atoms with Crippen LogP contribution in [0.15, 0.2) is 24.0 Å². The Bertz CT molecular complexity index is 279. The second kappa shape index (κ2) is 6.85. The molecule has 2 nitrogen and oxygen atoms in total. The van der Waals surface area contributed by atoms with Crippen LogP contribution in [-0.2, 0) is 9.47 Å². The summed E-state index contributed by atoms with van der Waals surface area (Å²) >= 11 is 0. The van der Waals surface area contributed by atoms with Crippen LogP contribution in [0.1, 0.15) is 41.0 Å². The quantitative estimate of drug-likeness (QED) is 0.647. The maximum Gasteiger partial charge on any atom is 0.196 e. The van der Waals surface area contributed by atoms with Crippen LogP contribution in [0.4, 0.5) is 0 Å². The number of allylic oxidation sites excluding steroid dienone is 3. The van der Waals surface area contributed by atoms with Gasteiger partial charge >= 0.3 is 0 Å². The summed E-state index contributed by atoms with van der Waals surface area (Å²) in [6.07, 6.45) is 7.46. The van der Waals surface area contributed by atoms with Crippen molar-refractivity contribution >= 4 is 0 Å². The Morgan fingerprint density at radius 2 is 2.00 bits per heavy atom. The molecule has 0 spiro atoms. The summed E-state index contributed by atoms with van der Waals surface area (Å²) < 4.78 is 11.0. The van der Waals surface area contributed by atoms with E-state index in [1.807, 2.05) is 13.8 Å². The number of hydrogen-bond acceptors (Lipinski definition) is 2. The van der Waals surface area contributed by atoms with E-state index in [1.54, 1.807) is 0 Å². The lowest BCUT2D eigenvalue weighted by molar-refractivity contribution is -0.0961. The maximum atomic E-state index is 5.67. The summed E-state index contributed by atoms with van der Waals surface area (Å²) in [5.41, 5.74) is 0. The van der Waals surface area contributed by atoms with E-state index in [4.69, 9.17) is 9.47 Å². The molecule has 0 aliphatic heterocycles. The topological polar surface area (TPSA) is 18.5 Å². The van der Waals surface area contributed by atoms with Gasteiger partial charge in [-0.1, -0.05) is 26.8 Å². The second-order valence-electron chi connectivity index (χ2n) is 5.11. The van der Waals surface area contributed by atoms with Gasteiger partial charge in [0.05, 0.1) is 0 Å². The van der Waals surface area contributed by atoms with E-state index in [0.29, 0.717) is 18.4 Å². The normalized spacial score (nSPS) is 23.4. The molecule has 0 radical (unpaired) electrons. The van der Waals surface area contributed by atoms with Crippen molar-refractivity contribution in [1.82, 2.24) is 0 Å². The summed E-state index contributed by atoms with van der Waals surface area (Å²) in [7, 11) is 0. The first-order valence-electron chi connectivity index (χ1n) is 6.71. The molecule has 1 aliphatic rings. The van der Waals surface area contributed by atoms with Crippen LogP contribution in [0.3, 0.4) is 0 Å². The molecule has 1 aliphatic carbocycles. The van der Waals surface area contributed by atoms with E-state index < -0.39 is 0 Å². The summed E-state index contributed by atoms with van der Waals surface area (Å²) in [6, 6.07) is 0. The molecule has 98 valence electrons. The lowest BCUT2D eigenvalue weighted by atomic mass is 9.81. The molecule has 0 saturated heterocycles. The molecule has 2 heteroatoms. The van der Waals surface area contributed by atoms with Crippen molar-refractivity contribution < 1.29 is 9.47 Å². The van der Waals surface area contributed by atoms with Crippen LogP contribution in [0.25, 0.3) is 0 Å². The van der Waals surface area contributed by atoms with Crippen molar-refractivity contribution in [3.63, 3.8) is 0 Å². The highest BCUT2D eigenvalue weighted by molar-refractivity contribution is 5.19. The van der Waals surface area contributed by atoms with Gasteiger partial charge in [-0.2, -0.15) is 0 Å². The van der Waals surface area contributed by atoms with Crippen molar-refractivity contribution in [3.05, 3.63) is 24.0 Å². The molecular formula is C15H26O2. The van der Waals surface area contributed by atoms with Gasteiger partial charge in [0, 0.05) is 6.61 Å². The SMILES string of the molecule is CCOC(C)OC1=CCC(C(C)C(C)C)C=C1. The Kier molecular flexibility index (Phi) is 5.76. The van der Waals surface area contributed by atoms with Crippen molar-refractivity contribution in [2.45, 2.75) is 47.3 Å². The highest BCUT2D eigenvalue weighted by Gasteiger charge is 2.19. The molecule has 0 aromatic carbocycles. The molecule has 0 fully saturated rings. The molecule has 0 aromatic heterocycles. The Morgan fingerprint density at radius 1 is 1.29 bits per heavy atom. The Labute approximate surface area is 106 Å². The monoisotopic (exact) mass is 238 g/mol. The van der Waals surface area contributed by atoms with Gasteiger partial charge in [0.1, 0.15) is 5.76 Å². The second-order valence-corrected chi connectivity index (χ2v) is 5.11. The molecule has 1 rings (SSSR count). The third-order valence-corrected chi connectivity index (χ3v) is 3.53. The van der Waals surface area contributed by atoms with Gasteiger partial charge in [-0.15, -0.1) is 0 Å². The van der Waals surface area contributed by atoms with Crippen molar-refractivity contribution in [2.75, 3.05) is 6.61 Å². The lowest BCUT2D eigenvalue weighted by Crippen LogP contribution is -2.18. The van der Waals surface area contributed by atoms with E-state index in [1.165, 1.54) is 0 Å². The summed E-state index contributed by atoms with van der Waals surface area (Å²) in [6.45, 7) is 11.5. The fourth-order valence-corrected chi connectivity index (χ4v) is 2.05. The minimum atomic E-state index is -0.157. The highest BCUT2D eigenvalue weighted by atomic mass is 16.7. The third kappa shape index (κ3) is 4.55. The van der Waals surface area contributed by atoms with Crippen LogP contribution in [0, 0.1) is 17.8 Å². The minimum Gasteiger partial charge on any atom is -0.466 e. The molecule has 0 saturated carbocycles. The number of rotatable bonds is 6. The Morgan fingerprint density at radius 3 is 2.47 bits per heavy atom. The molecule has 3 unspecified atom stereocenters. The summed E-state index contributed by atoms with van der Waals surface area (Å²) in [5.74, 6) is 3.03. The average Bonchev–Trinajstić information content (AvgIpc) is 2.29. The first-order valence-corrected chi connectivity index (χ1v) is 6.71. The number of ether oxygens (including phenoxy) is 2. The van der Waals surface area contributed by atoms with E-state index in [2.05, 4.69) is 39.0 Å². The van der Waals surface area contributed by atoms with Crippen LogP contribution in [-0.4, -0.2) is 12.9 Å². The largest absolute Gasteiger partial charge is 0.466 e. The van der Waals surface area contributed by atoms with Gasteiger partial charge in [0.25, 0.3) is 0 Å².